The zero-order chi connectivity index (χ0) is 27.1. The number of rotatable bonds is 7. The van der Waals surface area contributed by atoms with Gasteiger partial charge in [0.05, 0.1) is 5.56 Å². The summed E-state index contributed by atoms with van der Waals surface area (Å²) < 4.78 is 29.0. The van der Waals surface area contributed by atoms with Gasteiger partial charge < -0.3 is 20.4 Å². The van der Waals surface area contributed by atoms with E-state index in [-0.39, 0.29) is 48.6 Å². The molecule has 2 aromatic heterocycles. The van der Waals surface area contributed by atoms with Crippen molar-refractivity contribution in [2.75, 3.05) is 18.4 Å². The Morgan fingerprint density at radius 2 is 1.86 bits per heavy atom. The van der Waals surface area contributed by atoms with Crippen LogP contribution in [0.2, 0.25) is 0 Å². The van der Waals surface area contributed by atoms with Crippen LogP contribution in [0.25, 0.3) is 11.7 Å². The van der Waals surface area contributed by atoms with Crippen LogP contribution in [0.3, 0.4) is 0 Å². The molecule has 0 radical (unpaired) electrons. The van der Waals surface area contributed by atoms with Gasteiger partial charge in [-0.3, -0.25) is 24.3 Å². The summed E-state index contributed by atoms with van der Waals surface area (Å²) in [5.74, 6) is -5.22. The number of aromatic hydroxyl groups is 1. The number of likely N-dealkylation sites (tertiary alicyclic amines) is 1. The number of alkyl halides is 2. The molecular formula is C23H28F2N6O6. The van der Waals surface area contributed by atoms with Crippen molar-refractivity contribution in [3.05, 3.63) is 27.6 Å². The van der Waals surface area contributed by atoms with Gasteiger partial charge in [-0.2, -0.15) is 4.52 Å². The minimum Gasteiger partial charge on any atom is -0.494 e. The molecule has 37 heavy (non-hydrogen) atoms. The summed E-state index contributed by atoms with van der Waals surface area (Å²) in [6.45, 7) is 3.48. The van der Waals surface area contributed by atoms with Crippen LogP contribution in [0.1, 0.15) is 55.5 Å². The summed E-state index contributed by atoms with van der Waals surface area (Å²) in [6, 6.07) is -0.0957. The quantitative estimate of drug-likeness (QED) is 0.406. The van der Waals surface area contributed by atoms with Crippen LogP contribution in [0.5, 0.6) is 5.88 Å². The van der Waals surface area contributed by atoms with E-state index in [0.717, 1.165) is 23.4 Å². The number of carbonyl (C=O) groups excluding carboxylic acids is 2. The molecule has 2 aromatic rings. The number of carbonyl (C=O) groups is 3. The number of aromatic nitrogens is 3. The normalized spacial score (nSPS) is 17.5. The number of piperidine rings is 1. The van der Waals surface area contributed by atoms with Crippen molar-refractivity contribution < 1.29 is 33.4 Å². The number of hydrogen-bond donors (Lipinski definition) is 4. The van der Waals surface area contributed by atoms with Crippen LogP contribution in [0.4, 0.5) is 19.4 Å². The topological polar surface area (TPSA) is 158 Å². The third-order valence-corrected chi connectivity index (χ3v) is 6.15. The first kappa shape index (κ1) is 26.1. The number of hydrogen-bond acceptors (Lipinski definition) is 6. The van der Waals surface area contributed by atoms with Crippen LogP contribution < -0.4 is 16.2 Å². The lowest BCUT2D eigenvalue weighted by Crippen LogP contribution is -2.42. The second-order valence-electron chi connectivity index (χ2n) is 9.70. The van der Waals surface area contributed by atoms with E-state index in [4.69, 9.17) is 0 Å². The molecule has 14 heteroatoms. The first-order valence-corrected chi connectivity index (χ1v) is 11.9. The van der Waals surface area contributed by atoms with Gasteiger partial charge in [0, 0.05) is 44.6 Å². The minimum absolute atomic E-state index is 0.0136. The molecular weight excluding hydrogens is 494 g/mol. The van der Waals surface area contributed by atoms with Crippen molar-refractivity contribution in [1.29, 1.82) is 0 Å². The molecule has 4 rings (SSSR count). The highest BCUT2D eigenvalue weighted by Crippen LogP contribution is 2.30. The molecule has 0 unspecified atom stereocenters. The molecule has 3 heterocycles. The van der Waals surface area contributed by atoms with E-state index in [1.165, 1.54) is 15.5 Å². The van der Waals surface area contributed by atoms with E-state index in [2.05, 4.69) is 15.7 Å². The number of nitrogens with zero attached hydrogens (tertiary/aromatic N) is 4. The van der Waals surface area contributed by atoms with E-state index >= 15 is 0 Å². The molecule has 0 atom stereocenters. The fourth-order valence-electron chi connectivity index (χ4n) is 4.14. The van der Waals surface area contributed by atoms with Gasteiger partial charge >= 0.3 is 6.09 Å². The van der Waals surface area contributed by atoms with Crippen molar-refractivity contribution >= 4 is 35.4 Å². The summed E-state index contributed by atoms with van der Waals surface area (Å²) in [5, 5.41) is 29.1. The lowest BCUT2D eigenvalue weighted by atomic mass is 10.1. The maximum atomic E-state index is 13.5. The molecule has 2 aliphatic rings. The second-order valence-corrected chi connectivity index (χ2v) is 9.70. The Kier molecular flexibility index (Phi) is 6.93. The molecule has 0 aromatic carbocycles. The fraction of sp³-hybridized carbons (Fsp3) is 0.522. The predicted octanol–water partition coefficient (Wildman–Crippen LogP) is 2.11. The lowest BCUT2D eigenvalue weighted by Gasteiger charge is -2.30. The zero-order valence-corrected chi connectivity index (χ0v) is 20.3. The second kappa shape index (κ2) is 9.82. The molecule has 1 aliphatic carbocycles. The zero-order valence-electron chi connectivity index (χ0n) is 20.3. The third kappa shape index (κ3) is 5.57. The van der Waals surface area contributed by atoms with Gasteiger partial charge in [-0.25, -0.2) is 13.6 Å². The lowest BCUT2D eigenvalue weighted by molar-refractivity contribution is -0.132. The molecule has 1 saturated carbocycles. The largest absolute Gasteiger partial charge is 0.494 e. The summed E-state index contributed by atoms with van der Waals surface area (Å²) in [6.07, 6.45) is 1.35. The van der Waals surface area contributed by atoms with Crippen LogP contribution in [0.15, 0.2) is 10.9 Å². The molecule has 0 bridgehead atoms. The van der Waals surface area contributed by atoms with Gasteiger partial charge in [0.2, 0.25) is 11.8 Å². The van der Waals surface area contributed by atoms with Crippen molar-refractivity contribution in [3.63, 3.8) is 0 Å². The van der Waals surface area contributed by atoms with E-state index in [1.54, 1.807) is 0 Å². The molecule has 12 nitrogen and oxygen atoms in total. The molecule has 0 spiro atoms. The number of fused-ring (bicyclic) bond motifs is 1. The number of anilines is 1. The van der Waals surface area contributed by atoms with Gasteiger partial charge in [-0.1, -0.05) is 13.8 Å². The first-order valence-electron chi connectivity index (χ1n) is 11.9. The highest BCUT2D eigenvalue weighted by Gasteiger charge is 2.35. The van der Waals surface area contributed by atoms with Gasteiger partial charge in [0.25, 0.3) is 17.4 Å². The highest BCUT2D eigenvalue weighted by atomic mass is 19.3. The maximum Gasteiger partial charge on any atom is 0.410 e. The number of amides is 3. The summed E-state index contributed by atoms with van der Waals surface area (Å²) in [7, 11) is 0. The fourth-order valence-corrected chi connectivity index (χ4v) is 4.14. The molecule has 3 amide bonds. The number of carboxylic acid groups (broad SMARTS) is 1. The Labute approximate surface area is 209 Å². The highest BCUT2D eigenvalue weighted by molar-refractivity contribution is 5.98. The molecule has 1 aliphatic heterocycles. The average molecular weight is 523 g/mol. The van der Waals surface area contributed by atoms with E-state index in [1.807, 2.05) is 13.8 Å². The Bertz CT molecular complexity index is 1330. The van der Waals surface area contributed by atoms with Gasteiger partial charge in [-0.15, -0.1) is 5.10 Å². The van der Waals surface area contributed by atoms with Crippen molar-refractivity contribution in [3.8, 4) is 5.88 Å². The number of halogens is 2. The van der Waals surface area contributed by atoms with E-state index in [9.17, 15) is 38.2 Å². The minimum atomic E-state index is -2.84. The Morgan fingerprint density at radius 1 is 1.22 bits per heavy atom. The standard InChI is InChI=1S/C23H28F2N6O6/c1-12(2)11-30-19-14(5-6-15(32)29-9-7-23(24,25)8-10-29)17(27-22(36)37)28-31(19)21(35)16(20(30)34)18(33)26-13-3-4-13/h5-6,12-13,34H,3-4,7-11H2,1-2H3,(H,26,33)(H,27,28)(H,36,37)/b6-5+. The van der Waals surface area contributed by atoms with Crippen molar-refractivity contribution in [1.82, 2.24) is 24.4 Å². The van der Waals surface area contributed by atoms with Crippen LogP contribution in [-0.2, 0) is 11.3 Å². The maximum absolute atomic E-state index is 13.5. The summed E-state index contributed by atoms with van der Waals surface area (Å²) in [5.41, 5.74) is -1.56. The van der Waals surface area contributed by atoms with E-state index in [0.29, 0.717) is 0 Å². The molecule has 2 fully saturated rings. The molecule has 200 valence electrons. The van der Waals surface area contributed by atoms with Crippen molar-refractivity contribution in [2.24, 2.45) is 5.92 Å². The Balaban J connectivity index is 1.83. The monoisotopic (exact) mass is 522 g/mol. The summed E-state index contributed by atoms with van der Waals surface area (Å²) >= 11 is 0. The molecule has 1 saturated heterocycles. The van der Waals surface area contributed by atoms with Gasteiger partial charge in [0.15, 0.2) is 17.0 Å². The molecule has 4 N–H and O–H groups in total. The third-order valence-electron chi connectivity index (χ3n) is 6.15. The average Bonchev–Trinajstić information content (AvgIpc) is 3.54. The first-order chi connectivity index (χ1) is 17.4. The van der Waals surface area contributed by atoms with Gasteiger partial charge in [0.1, 0.15) is 0 Å². The van der Waals surface area contributed by atoms with Crippen LogP contribution >= 0.6 is 0 Å². The van der Waals surface area contributed by atoms with Crippen molar-refractivity contribution in [2.45, 2.75) is 58.0 Å². The van der Waals surface area contributed by atoms with Gasteiger partial charge in [-0.05, 0) is 24.8 Å². The number of nitrogens with one attached hydrogen (secondary N) is 2. The predicted molar refractivity (Wildman–Crippen MR) is 128 cm³/mol. The van der Waals surface area contributed by atoms with E-state index < -0.39 is 53.7 Å². The van der Waals surface area contributed by atoms with Crippen LogP contribution in [0, 0.1) is 5.92 Å². The van der Waals surface area contributed by atoms with Crippen LogP contribution in [-0.4, -0.2) is 72.3 Å². The Hall–Kier alpha value is -3.97. The smallest absolute Gasteiger partial charge is 0.410 e. The SMILES string of the molecule is CC(C)Cn1c(O)c(C(=O)NC2CC2)c(=O)n2nc(NC(=O)O)c(/C=C/C(=O)N3CCC(F)(F)CC3)c12. The summed E-state index contributed by atoms with van der Waals surface area (Å²) in [4.78, 5) is 51.4. The Morgan fingerprint density at radius 3 is 2.43 bits per heavy atom.